The van der Waals surface area contributed by atoms with Crippen molar-refractivity contribution in [3.63, 3.8) is 0 Å². The van der Waals surface area contributed by atoms with Crippen molar-refractivity contribution in [1.29, 1.82) is 0 Å². The lowest BCUT2D eigenvalue weighted by molar-refractivity contribution is 0.156. The summed E-state index contributed by atoms with van der Waals surface area (Å²) in [6.07, 6.45) is 0.528. The lowest BCUT2D eigenvalue weighted by Crippen LogP contribution is -2.45. The summed E-state index contributed by atoms with van der Waals surface area (Å²) in [5.41, 5.74) is 2.96. The number of hydrogen-bond donors (Lipinski definition) is 1. The monoisotopic (exact) mass is 423 g/mol. The van der Waals surface area contributed by atoms with Gasteiger partial charge < -0.3 is 5.11 Å². The summed E-state index contributed by atoms with van der Waals surface area (Å²) in [5, 5.41) is 9.95. The molecule has 5 heteroatoms. The summed E-state index contributed by atoms with van der Waals surface area (Å²) < 4.78 is 29.0. The van der Waals surface area contributed by atoms with Crippen molar-refractivity contribution in [2.45, 2.75) is 37.8 Å². The molecule has 0 fully saturated rings. The second-order valence-electron chi connectivity index (χ2n) is 7.77. The molecule has 0 amide bonds. The summed E-state index contributed by atoms with van der Waals surface area (Å²) >= 11 is 0. The molecule has 3 aromatic rings. The van der Waals surface area contributed by atoms with Gasteiger partial charge >= 0.3 is 0 Å². The van der Waals surface area contributed by atoms with E-state index in [2.05, 4.69) is 0 Å². The van der Waals surface area contributed by atoms with Crippen LogP contribution in [0.1, 0.15) is 23.6 Å². The average molecular weight is 424 g/mol. The zero-order valence-electron chi connectivity index (χ0n) is 17.5. The lowest BCUT2D eigenvalue weighted by atomic mass is 9.95. The van der Waals surface area contributed by atoms with Crippen LogP contribution in [0.5, 0.6) is 0 Å². The van der Waals surface area contributed by atoms with Crippen LogP contribution in [0.25, 0.3) is 0 Å². The number of aliphatic hydroxyl groups excluding tert-OH is 1. The molecule has 0 saturated heterocycles. The molecule has 0 aliphatic rings. The van der Waals surface area contributed by atoms with Crippen LogP contribution in [0.3, 0.4) is 0 Å². The van der Waals surface area contributed by atoms with Gasteiger partial charge in [0.2, 0.25) is 10.0 Å². The van der Waals surface area contributed by atoms with E-state index in [1.165, 1.54) is 0 Å². The number of hydrogen-bond acceptors (Lipinski definition) is 3. The minimum absolute atomic E-state index is 0.0911. The molecular weight excluding hydrogens is 394 g/mol. The Morgan fingerprint density at radius 3 is 1.90 bits per heavy atom. The molecule has 0 unspecified atom stereocenters. The van der Waals surface area contributed by atoms with Crippen LogP contribution < -0.4 is 0 Å². The minimum atomic E-state index is -3.77. The van der Waals surface area contributed by atoms with Gasteiger partial charge in [0.1, 0.15) is 0 Å². The van der Waals surface area contributed by atoms with Crippen molar-refractivity contribution in [2.75, 3.05) is 6.61 Å². The Kier molecular flexibility index (Phi) is 7.43. The summed E-state index contributed by atoms with van der Waals surface area (Å²) in [4.78, 5) is 0.271. The highest BCUT2D eigenvalue weighted by atomic mass is 32.2. The standard InChI is InChI=1S/C25H29NO3S/c1-20-13-15-24(16-14-20)30(28,29)26(18-23-11-7-4-8-12-23)25(21(2)19-27)17-22-9-5-3-6-10-22/h3-16,21,25,27H,17-19H2,1-2H3/t21-,25-/m0/s1. The first-order valence-electron chi connectivity index (χ1n) is 10.2. The van der Waals surface area contributed by atoms with Gasteiger partial charge in [-0.3, -0.25) is 0 Å². The van der Waals surface area contributed by atoms with Gasteiger partial charge in [-0.2, -0.15) is 4.31 Å². The van der Waals surface area contributed by atoms with E-state index in [-0.39, 0.29) is 30.0 Å². The highest BCUT2D eigenvalue weighted by molar-refractivity contribution is 7.89. The maximum atomic E-state index is 13.7. The van der Waals surface area contributed by atoms with E-state index in [0.717, 1.165) is 16.7 Å². The third kappa shape index (κ3) is 5.36. The molecule has 0 spiro atoms. The molecule has 3 rings (SSSR count). The molecule has 0 saturated carbocycles. The number of sulfonamides is 1. The zero-order chi connectivity index (χ0) is 21.6. The summed E-state index contributed by atoms with van der Waals surface area (Å²) in [6, 6.07) is 26.0. The number of benzene rings is 3. The van der Waals surface area contributed by atoms with Crippen molar-refractivity contribution in [3.05, 3.63) is 102 Å². The molecule has 30 heavy (non-hydrogen) atoms. The third-order valence-corrected chi connectivity index (χ3v) is 7.30. The molecule has 0 aromatic heterocycles. The van der Waals surface area contributed by atoms with Crippen LogP contribution >= 0.6 is 0 Å². The first-order chi connectivity index (χ1) is 14.4. The van der Waals surface area contributed by atoms with Gasteiger partial charge in [-0.1, -0.05) is 85.3 Å². The first kappa shape index (κ1) is 22.2. The summed E-state index contributed by atoms with van der Waals surface area (Å²) in [5.74, 6) is -0.228. The van der Waals surface area contributed by atoms with Gasteiger partial charge in [-0.05, 0) is 42.5 Å². The molecule has 2 atom stereocenters. The van der Waals surface area contributed by atoms with E-state index in [0.29, 0.717) is 6.42 Å². The molecular formula is C25H29NO3S. The predicted octanol–water partition coefficient (Wildman–Crippen LogP) is 4.43. The third-order valence-electron chi connectivity index (χ3n) is 5.41. The number of nitrogens with zero attached hydrogens (tertiary/aromatic N) is 1. The van der Waals surface area contributed by atoms with E-state index in [1.54, 1.807) is 16.4 Å². The molecule has 3 aromatic carbocycles. The average Bonchev–Trinajstić information content (AvgIpc) is 2.77. The molecule has 158 valence electrons. The number of aryl methyl sites for hydroxylation is 1. The summed E-state index contributed by atoms with van der Waals surface area (Å²) in [6.45, 7) is 3.99. The smallest absolute Gasteiger partial charge is 0.243 e. The van der Waals surface area contributed by atoms with Crippen LogP contribution in [-0.4, -0.2) is 30.5 Å². The van der Waals surface area contributed by atoms with Crippen molar-refractivity contribution in [1.82, 2.24) is 4.31 Å². The molecule has 0 radical (unpaired) electrons. The van der Waals surface area contributed by atoms with E-state index < -0.39 is 10.0 Å². The quantitative estimate of drug-likeness (QED) is 0.554. The summed E-state index contributed by atoms with van der Waals surface area (Å²) in [7, 11) is -3.77. The molecule has 0 heterocycles. The van der Waals surface area contributed by atoms with Crippen LogP contribution in [0, 0.1) is 12.8 Å². The number of rotatable bonds is 9. The van der Waals surface area contributed by atoms with Gasteiger partial charge in [0.15, 0.2) is 0 Å². The molecule has 0 bridgehead atoms. The van der Waals surface area contributed by atoms with Crippen LogP contribution in [0.2, 0.25) is 0 Å². The van der Waals surface area contributed by atoms with E-state index in [1.807, 2.05) is 86.6 Å². The Morgan fingerprint density at radius 1 is 0.833 bits per heavy atom. The van der Waals surface area contributed by atoms with E-state index in [4.69, 9.17) is 0 Å². The van der Waals surface area contributed by atoms with Gasteiger partial charge in [-0.25, -0.2) is 8.42 Å². The highest BCUT2D eigenvalue weighted by Crippen LogP contribution is 2.27. The minimum Gasteiger partial charge on any atom is -0.396 e. The van der Waals surface area contributed by atoms with Gasteiger partial charge in [-0.15, -0.1) is 0 Å². The van der Waals surface area contributed by atoms with Gasteiger partial charge in [0.05, 0.1) is 4.90 Å². The van der Waals surface area contributed by atoms with Crippen molar-refractivity contribution in [2.24, 2.45) is 5.92 Å². The van der Waals surface area contributed by atoms with Crippen molar-refractivity contribution < 1.29 is 13.5 Å². The van der Waals surface area contributed by atoms with E-state index >= 15 is 0 Å². The fourth-order valence-corrected chi connectivity index (χ4v) is 5.26. The topological polar surface area (TPSA) is 57.6 Å². The molecule has 4 nitrogen and oxygen atoms in total. The Labute approximate surface area is 179 Å². The zero-order valence-corrected chi connectivity index (χ0v) is 18.3. The maximum absolute atomic E-state index is 13.7. The Balaban J connectivity index is 2.06. The van der Waals surface area contributed by atoms with Crippen LogP contribution in [0.15, 0.2) is 89.8 Å². The second-order valence-corrected chi connectivity index (χ2v) is 9.66. The van der Waals surface area contributed by atoms with Gasteiger partial charge in [0.25, 0.3) is 0 Å². The normalized spacial score (nSPS) is 13.9. The van der Waals surface area contributed by atoms with Crippen molar-refractivity contribution in [3.8, 4) is 0 Å². The van der Waals surface area contributed by atoms with Crippen molar-refractivity contribution >= 4 is 10.0 Å². The maximum Gasteiger partial charge on any atom is 0.243 e. The highest BCUT2D eigenvalue weighted by Gasteiger charge is 2.34. The fourth-order valence-electron chi connectivity index (χ4n) is 3.55. The number of aliphatic hydroxyl groups is 1. The molecule has 0 aliphatic heterocycles. The first-order valence-corrected chi connectivity index (χ1v) is 11.6. The van der Waals surface area contributed by atoms with Crippen LogP contribution in [-0.2, 0) is 23.0 Å². The lowest BCUT2D eigenvalue weighted by Gasteiger charge is -2.34. The Morgan fingerprint density at radius 2 is 1.37 bits per heavy atom. The second kappa shape index (κ2) is 10.0. The largest absolute Gasteiger partial charge is 0.396 e. The van der Waals surface area contributed by atoms with Gasteiger partial charge in [0, 0.05) is 19.2 Å². The molecule has 0 aliphatic carbocycles. The Bertz CT molecular complexity index is 1020. The predicted molar refractivity (Wildman–Crippen MR) is 121 cm³/mol. The SMILES string of the molecule is Cc1ccc(S(=O)(=O)N(Cc2ccccc2)[C@@H](Cc2ccccc2)[C@@H](C)CO)cc1. The van der Waals surface area contributed by atoms with E-state index in [9.17, 15) is 13.5 Å². The molecule has 1 N–H and O–H groups in total. The Hall–Kier alpha value is -2.47. The van der Waals surface area contributed by atoms with Crippen LogP contribution in [0.4, 0.5) is 0 Å². The fraction of sp³-hybridized carbons (Fsp3) is 0.280.